The minimum Gasteiger partial charge on any atom is -0.349 e. The van der Waals surface area contributed by atoms with E-state index in [0.29, 0.717) is 11.3 Å². The third-order valence-corrected chi connectivity index (χ3v) is 6.56. The summed E-state index contributed by atoms with van der Waals surface area (Å²) in [6.07, 6.45) is 3.19. The number of piperidine rings is 1. The Bertz CT molecular complexity index is 984. The van der Waals surface area contributed by atoms with Crippen molar-refractivity contribution in [1.29, 1.82) is 0 Å². The van der Waals surface area contributed by atoms with Crippen LogP contribution in [0.1, 0.15) is 42.4 Å². The van der Waals surface area contributed by atoms with Gasteiger partial charge in [-0.1, -0.05) is 37.3 Å². The number of hydrogen-bond donors (Lipinski definition) is 1. The van der Waals surface area contributed by atoms with E-state index in [1.165, 1.54) is 6.42 Å². The van der Waals surface area contributed by atoms with Crippen LogP contribution in [0.15, 0.2) is 59.5 Å². The van der Waals surface area contributed by atoms with Gasteiger partial charge >= 0.3 is 0 Å². The second-order valence-corrected chi connectivity index (χ2v) is 8.73. The molecule has 31 heavy (non-hydrogen) atoms. The number of nitrogens with one attached hydrogen (secondary N) is 1. The fourth-order valence-electron chi connectivity index (χ4n) is 3.87. The molecule has 2 aromatic carbocycles. The highest BCUT2D eigenvalue weighted by Crippen LogP contribution is 2.26. The molecule has 1 aromatic heterocycles. The topological polar surface area (TPSA) is 75.9 Å². The summed E-state index contributed by atoms with van der Waals surface area (Å²) >= 11 is 1.58. The molecule has 162 valence electrons. The molecule has 0 saturated carbocycles. The molecule has 1 aliphatic rings. The van der Waals surface area contributed by atoms with Gasteiger partial charge in [-0.15, -0.1) is 16.9 Å². The van der Waals surface area contributed by atoms with Crippen molar-refractivity contribution in [1.82, 2.24) is 30.4 Å². The predicted octanol–water partition coefficient (Wildman–Crippen LogP) is 3.56. The number of thioether (sulfide) groups is 1. The maximum absolute atomic E-state index is 13.0. The highest BCUT2D eigenvalue weighted by atomic mass is 32.2. The molecule has 0 aliphatic carbocycles. The van der Waals surface area contributed by atoms with E-state index < -0.39 is 0 Å². The second kappa shape index (κ2) is 10.5. The molecule has 0 radical (unpaired) electrons. The summed E-state index contributed by atoms with van der Waals surface area (Å²) in [5.41, 5.74) is 1.63. The van der Waals surface area contributed by atoms with E-state index in [9.17, 15) is 4.79 Å². The molecule has 4 rings (SSSR count). The number of carbonyl (C=O) groups is 1. The van der Waals surface area contributed by atoms with Gasteiger partial charge in [-0.2, -0.15) is 4.68 Å². The fraction of sp³-hybridized carbons (Fsp3) is 0.391. The standard InChI is InChI=1S/C23H28N6OS/c1-2-14-28-15-12-18(13-16-28)24-23(30)20-10-6-7-11-21(20)31-17-22-25-26-27-29(22)19-8-4-3-5-9-19/h3-11,18H,2,12-17H2,1H3,(H,24,30). The first-order valence-electron chi connectivity index (χ1n) is 10.8. The maximum atomic E-state index is 13.0. The molecule has 3 aromatic rings. The van der Waals surface area contributed by atoms with Crippen molar-refractivity contribution in [3.63, 3.8) is 0 Å². The summed E-state index contributed by atoms with van der Waals surface area (Å²) < 4.78 is 1.74. The van der Waals surface area contributed by atoms with Gasteiger partial charge in [-0.3, -0.25) is 4.79 Å². The fourth-order valence-corrected chi connectivity index (χ4v) is 4.82. The summed E-state index contributed by atoms with van der Waals surface area (Å²) in [6, 6.07) is 17.8. The molecule has 0 unspecified atom stereocenters. The number of carbonyl (C=O) groups excluding carboxylic acids is 1. The smallest absolute Gasteiger partial charge is 0.252 e. The Kier molecular flexibility index (Phi) is 7.32. The van der Waals surface area contributed by atoms with Crippen LogP contribution >= 0.6 is 11.8 Å². The Hall–Kier alpha value is -2.71. The molecule has 1 saturated heterocycles. The molecule has 0 spiro atoms. The number of aromatic nitrogens is 4. The minimum absolute atomic E-state index is 0.000285. The van der Waals surface area contributed by atoms with Crippen LogP contribution in [-0.4, -0.2) is 56.7 Å². The van der Waals surface area contributed by atoms with Crippen molar-refractivity contribution in [2.45, 2.75) is 42.9 Å². The van der Waals surface area contributed by atoms with Gasteiger partial charge in [-0.25, -0.2) is 0 Å². The lowest BCUT2D eigenvalue weighted by Crippen LogP contribution is -2.44. The SMILES string of the molecule is CCCN1CCC(NC(=O)c2ccccc2SCc2nnnn2-c2ccccc2)CC1. The number of rotatable bonds is 8. The third kappa shape index (κ3) is 5.51. The quantitative estimate of drug-likeness (QED) is 0.544. The van der Waals surface area contributed by atoms with Gasteiger partial charge < -0.3 is 10.2 Å². The summed E-state index contributed by atoms with van der Waals surface area (Å²) in [5, 5.41) is 15.4. The van der Waals surface area contributed by atoms with Crippen molar-refractivity contribution < 1.29 is 4.79 Å². The van der Waals surface area contributed by atoms with Crippen LogP contribution in [0.4, 0.5) is 0 Å². The van der Waals surface area contributed by atoms with Gasteiger partial charge in [0.15, 0.2) is 5.82 Å². The molecule has 0 bridgehead atoms. The number of likely N-dealkylation sites (tertiary alicyclic amines) is 1. The number of hydrogen-bond acceptors (Lipinski definition) is 6. The first-order chi connectivity index (χ1) is 15.2. The van der Waals surface area contributed by atoms with Gasteiger partial charge in [0.05, 0.1) is 17.0 Å². The maximum Gasteiger partial charge on any atom is 0.252 e. The second-order valence-electron chi connectivity index (χ2n) is 7.72. The molecule has 1 amide bonds. The van der Waals surface area contributed by atoms with E-state index in [4.69, 9.17) is 0 Å². The van der Waals surface area contributed by atoms with Crippen molar-refractivity contribution in [2.75, 3.05) is 19.6 Å². The number of amides is 1. The Balaban J connectivity index is 1.39. The Morgan fingerprint density at radius 2 is 1.84 bits per heavy atom. The first kappa shape index (κ1) is 21.5. The number of benzene rings is 2. The zero-order valence-electron chi connectivity index (χ0n) is 17.8. The Labute approximate surface area is 187 Å². The van der Waals surface area contributed by atoms with Gasteiger partial charge in [0, 0.05) is 24.0 Å². The number of nitrogens with zero attached hydrogens (tertiary/aromatic N) is 5. The van der Waals surface area contributed by atoms with Crippen molar-refractivity contribution >= 4 is 17.7 Å². The Morgan fingerprint density at radius 1 is 1.10 bits per heavy atom. The monoisotopic (exact) mass is 436 g/mol. The molecule has 1 N–H and O–H groups in total. The number of para-hydroxylation sites is 1. The summed E-state index contributed by atoms with van der Waals surface area (Å²) in [6.45, 7) is 5.46. The molecular formula is C23H28N6OS. The Morgan fingerprint density at radius 3 is 2.61 bits per heavy atom. The van der Waals surface area contributed by atoms with Gasteiger partial charge in [0.2, 0.25) is 0 Å². The lowest BCUT2D eigenvalue weighted by atomic mass is 10.0. The number of tetrazole rings is 1. The van der Waals surface area contributed by atoms with E-state index in [1.807, 2.05) is 54.6 Å². The van der Waals surface area contributed by atoms with Crippen LogP contribution in [0.2, 0.25) is 0 Å². The van der Waals surface area contributed by atoms with E-state index >= 15 is 0 Å². The van der Waals surface area contributed by atoms with Crippen LogP contribution < -0.4 is 5.32 Å². The van der Waals surface area contributed by atoms with Crippen molar-refractivity contribution in [3.8, 4) is 5.69 Å². The van der Waals surface area contributed by atoms with Crippen LogP contribution in [-0.2, 0) is 5.75 Å². The average molecular weight is 437 g/mol. The molecular weight excluding hydrogens is 408 g/mol. The highest BCUT2D eigenvalue weighted by molar-refractivity contribution is 7.98. The van der Waals surface area contributed by atoms with E-state index in [-0.39, 0.29) is 11.9 Å². The van der Waals surface area contributed by atoms with Crippen molar-refractivity contribution in [2.24, 2.45) is 0 Å². The molecule has 7 nitrogen and oxygen atoms in total. The van der Waals surface area contributed by atoms with E-state index in [1.54, 1.807) is 16.4 Å². The zero-order valence-corrected chi connectivity index (χ0v) is 18.6. The third-order valence-electron chi connectivity index (χ3n) is 5.49. The summed E-state index contributed by atoms with van der Waals surface area (Å²) in [7, 11) is 0. The lowest BCUT2D eigenvalue weighted by Gasteiger charge is -2.32. The largest absolute Gasteiger partial charge is 0.349 e. The van der Waals surface area contributed by atoms with Crippen LogP contribution in [0.5, 0.6) is 0 Å². The van der Waals surface area contributed by atoms with Crippen LogP contribution in [0, 0.1) is 0 Å². The lowest BCUT2D eigenvalue weighted by molar-refractivity contribution is 0.0908. The zero-order chi connectivity index (χ0) is 21.5. The molecule has 1 fully saturated rings. The van der Waals surface area contributed by atoms with E-state index in [2.05, 4.69) is 32.7 Å². The summed E-state index contributed by atoms with van der Waals surface area (Å²) in [5.74, 6) is 1.32. The normalized spacial score (nSPS) is 15.1. The molecule has 1 aliphatic heterocycles. The van der Waals surface area contributed by atoms with Gasteiger partial charge in [0.25, 0.3) is 5.91 Å². The van der Waals surface area contributed by atoms with Gasteiger partial charge in [-0.05, 0) is 60.5 Å². The van der Waals surface area contributed by atoms with Crippen LogP contribution in [0.25, 0.3) is 5.69 Å². The van der Waals surface area contributed by atoms with E-state index in [0.717, 1.165) is 48.9 Å². The first-order valence-corrected chi connectivity index (χ1v) is 11.8. The van der Waals surface area contributed by atoms with Gasteiger partial charge in [0.1, 0.15) is 0 Å². The predicted molar refractivity (Wildman–Crippen MR) is 122 cm³/mol. The molecule has 8 heteroatoms. The minimum atomic E-state index is -0.000285. The molecule has 0 atom stereocenters. The summed E-state index contributed by atoms with van der Waals surface area (Å²) in [4.78, 5) is 16.4. The highest BCUT2D eigenvalue weighted by Gasteiger charge is 2.22. The molecule has 2 heterocycles. The van der Waals surface area contributed by atoms with Crippen molar-refractivity contribution in [3.05, 3.63) is 66.0 Å². The average Bonchev–Trinajstić information content (AvgIpc) is 3.28. The van der Waals surface area contributed by atoms with Crippen LogP contribution in [0.3, 0.4) is 0 Å².